The molecule has 0 aliphatic heterocycles. The summed E-state index contributed by atoms with van der Waals surface area (Å²) in [6.07, 6.45) is -2.79. The summed E-state index contributed by atoms with van der Waals surface area (Å²) in [4.78, 5) is 17.9. The topological polar surface area (TPSA) is 83.0 Å². The molecular weight excluding hydrogens is 373 g/mol. The molecule has 3 rings (SSSR count). The second-order valence-electron chi connectivity index (χ2n) is 7.00. The Morgan fingerprint density at radius 2 is 2.00 bits per heavy atom. The Kier molecular flexibility index (Phi) is 5.15. The van der Waals surface area contributed by atoms with Crippen molar-refractivity contribution in [2.24, 2.45) is 5.41 Å². The van der Waals surface area contributed by atoms with E-state index in [1.165, 1.54) is 0 Å². The lowest BCUT2D eigenvalue weighted by Crippen LogP contribution is -2.42. The maximum atomic E-state index is 12.8. The Balaban J connectivity index is 1.77. The van der Waals surface area contributed by atoms with E-state index < -0.39 is 17.5 Å². The molecule has 1 atom stereocenters. The summed E-state index contributed by atoms with van der Waals surface area (Å²) in [5.74, 6) is -1.72. The van der Waals surface area contributed by atoms with E-state index in [0.29, 0.717) is 24.9 Å². The molecule has 0 bridgehead atoms. The third kappa shape index (κ3) is 3.86. The van der Waals surface area contributed by atoms with Gasteiger partial charge in [0.1, 0.15) is 5.41 Å². The number of amides is 1. The van der Waals surface area contributed by atoms with Crippen LogP contribution in [-0.2, 0) is 17.5 Å². The number of rotatable bonds is 6. The molecule has 6 nitrogen and oxygen atoms in total. The second-order valence-corrected chi connectivity index (χ2v) is 7.00. The summed E-state index contributed by atoms with van der Waals surface area (Å²) in [7, 11) is 0. The Morgan fingerprint density at radius 1 is 1.36 bits per heavy atom. The lowest BCUT2D eigenvalue weighted by atomic mass is 10.0. The van der Waals surface area contributed by atoms with Gasteiger partial charge in [-0.2, -0.15) is 23.4 Å². The number of hydrogen-bond acceptors (Lipinski definition) is 5. The van der Waals surface area contributed by atoms with Gasteiger partial charge in [-0.1, -0.05) is 36.3 Å². The number of nitriles is 1. The van der Waals surface area contributed by atoms with Crippen LogP contribution in [-0.4, -0.2) is 27.0 Å². The largest absolute Gasteiger partial charge is 0.471 e. The van der Waals surface area contributed by atoms with Crippen molar-refractivity contribution in [2.75, 3.05) is 0 Å². The van der Waals surface area contributed by atoms with Gasteiger partial charge in [0.15, 0.2) is 0 Å². The van der Waals surface area contributed by atoms with Gasteiger partial charge in [-0.15, -0.1) is 0 Å². The number of alkyl halides is 3. The van der Waals surface area contributed by atoms with Crippen LogP contribution in [0.3, 0.4) is 0 Å². The van der Waals surface area contributed by atoms with Crippen LogP contribution >= 0.6 is 0 Å². The van der Waals surface area contributed by atoms with Crippen LogP contribution in [0.4, 0.5) is 13.2 Å². The first-order valence-corrected chi connectivity index (χ1v) is 8.92. The monoisotopic (exact) mass is 392 g/mol. The highest BCUT2D eigenvalue weighted by atomic mass is 19.4. The average Bonchev–Trinajstić information content (AvgIpc) is 3.31. The van der Waals surface area contributed by atoms with Gasteiger partial charge in [0.2, 0.25) is 11.7 Å². The zero-order valence-electron chi connectivity index (χ0n) is 15.5. The molecule has 2 aromatic rings. The van der Waals surface area contributed by atoms with E-state index in [0.717, 1.165) is 12.0 Å². The highest BCUT2D eigenvalue weighted by Crippen LogP contribution is 2.47. The third-order valence-corrected chi connectivity index (χ3v) is 4.99. The lowest BCUT2D eigenvalue weighted by Gasteiger charge is -2.30. The van der Waals surface area contributed by atoms with E-state index in [1.807, 2.05) is 13.8 Å². The smallest absolute Gasteiger partial charge is 0.334 e. The van der Waals surface area contributed by atoms with Crippen molar-refractivity contribution in [1.29, 1.82) is 5.26 Å². The van der Waals surface area contributed by atoms with Crippen LogP contribution in [0.2, 0.25) is 0 Å². The molecule has 1 unspecified atom stereocenters. The molecule has 1 aliphatic rings. The van der Waals surface area contributed by atoms with E-state index in [-0.39, 0.29) is 17.8 Å². The minimum atomic E-state index is -4.69. The van der Waals surface area contributed by atoms with Gasteiger partial charge in [0.25, 0.3) is 0 Å². The quantitative estimate of drug-likeness (QED) is 0.736. The van der Waals surface area contributed by atoms with Crippen molar-refractivity contribution < 1.29 is 22.5 Å². The molecule has 1 saturated carbocycles. The minimum Gasteiger partial charge on any atom is -0.334 e. The number of benzene rings is 1. The fourth-order valence-corrected chi connectivity index (χ4v) is 2.83. The van der Waals surface area contributed by atoms with Crippen molar-refractivity contribution in [2.45, 2.75) is 51.9 Å². The maximum absolute atomic E-state index is 12.8. The van der Waals surface area contributed by atoms with Gasteiger partial charge in [0, 0.05) is 18.2 Å². The molecule has 1 aromatic heterocycles. The predicted octanol–water partition coefficient (Wildman–Crippen LogP) is 4.19. The highest BCUT2D eigenvalue weighted by Gasteiger charge is 2.53. The molecule has 1 aliphatic carbocycles. The Bertz CT molecular complexity index is 895. The zero-order chi connectivity index (χ0) is 20.5. The second kappa shape index (κ2) is 7.26. The number of nitrogens with zero attached hydrogens (tertiary/aromatic N) is 4. The first-order valence-electron chi connectivity index (χ1n) is 8.92. The van der Waals surface area contributed by atoms with Gasteiger partial charge < -0.3 is 9.42 Å². The maximum Gasteiger partial charge on any atom is 0.471 e. The first kappa shape index (κ1) is 19.9. The van der Waals surface area contributed by atoms with Crippen LogP contribution in [0, 0.1) is 16.7 Å². The van der Waals surface area contributed by atoms with Crippen LogP contribution < -0.4 is 0 Å². The molecule has 1 fully saturated rings. The summed E-state index contributed by atoms with van der Waals surface area (Å²) in [5, 5.41) is 12.7. The van der Waals surface area contributed by atoms with Gasteiger partial charge >= 0.3 is 12.1 Å². The number of carbonyl (C=O) groups excluding carboxylic acids is 1. The molecule has 1 aromatic carbocycles. The average molecular weight is 392 g/mol. The number of hydrogen-bond donors (Lipinski definition) is 0. The molecule has 148 valence electrons. The highest BCUT2D eigenvalue weighted by molar-refractivity contribution is 5.88. The van der Waals surface area contributed by atoms with Crippen LogP contribution in [0.5, 0.6) is 0 Å². The van der Waals surface area contributed by atoms with Crippen molar-refractivity contribution in [3.05, 3.63) is 35.7 Å². The fraction of sp³-hybridized carbons (Fsp3) is 0.474. The van der Waals surface area contributed by atoms with Crippen LogP contribution in [0.25, 0.3) is 11.4 Å². The van der Waals surface area contributed by atoms with E-state index in [4.69, 9.17) is 0 Å². The Hall–Kier alpha value is -2.89. The fourth-order valence-electron chi connectivity index (χ4n) is 2.83. The molecule has 28 heavy (non-hydrogen) atoms. The van der Waals surface area contributed by atoms with E-state index in [2.05, 4.69) is 20.7 Å². The molecular formula is C19H19F3N4O2. The number of halogens is 3. The van der Waals surface area contributed by atoms with Crippen molar-refractivity contribution >= 4 is 5.91 Å². The van der Waals surface area contributed by atoms with Crippen LogP contribution in [0.15, 0.2) is 28.8 Å². The SMILES string of the molecule is CCC(C)N(Cc1ccc(-c2noc(C(F)(F)F)n2)cc1)C(=O)C1(C#N)CC1. The standard InChI is InChI=1S/C19H19F3N4O2/c1-3-12(2)26(17(27)18(11-23)8-9-18)10-13-4-6-14(7-5-13)15-24-16(28-25-15)19(20,21)22/h4-7,12H,3,8-10H2,1-2H3. The van der Waals surface area contributed by atoms with E-state index in [1.54, 1.807) is 29.2 Å². The van der Waals surface area contributed by atoms with Crippen molar-refractivity contribution in [3.8, 4) is 17.5 Å². The Morgan fingerprint density at radius 3 is 2.46 bits per heavy atom. The summed E-state index contributed by atoms with van der Waals surface area (Å²) in [5.41, 5.74) is 0.271. The van der Waals surface area contributed by atoms with E-state index in [9.17, 15) is 23.2 Å². The molecule has 1 amide bonds. The third-order valence-electron chi connectivity index (χ3n) is 4.99. The zero-order valence-corrected chi connectivity index (χ0v) is 15.5. The van der Waals surface area contributed by atoms with Gasteiger partial charge in [-0.3, -0.25) is 4.79 Å². The first-order chi connectivity index (χ1) is 13.2. The van der Waals surface area contributed by atoms with Crippen molar-refractivity contribution in [3.63, 3.8) is 0 Å². The van der Waals surface area contributed by atoms with Gasteiger partial charge in [-0.25, -0.2) is 0 Å². The molecule has 0 N–H and O–H groups in total. The summed E-state index contributed by atoms with van der Waals surface area (Å²) < 4.78 is 42.0. The van der Waals surface area contributed by atoms with Crippen LogP contribution in [0.1, 0.15) is 44.6 Å². The number of aromatic nitrogens is 2. The molecule has 1 heterocycles. The number of carbonyl (C=O) groups is 1. The van der Waals surface area contributed by atoms with Gasteiger partial charge in [-0.05, 0) is 31.7 Å². The normalized spacial score (nSPS) is 16.3. The molecule has 0 saturated heterocycles. The molecule has 0 spiro atoms. The lowest BCUT2D eigenvalue weighted by molar-refractivity contribution is -0.159. The summed E-state index contributed by atoms with van der Waals surface area (Å²) in [6.45, 7) is 4.21. The summed E-state index contributed by atoms with van der Waals surface area (Å²) in [6, 6.07) is 8.66. The minimum absolute atomic E-state index is 0.0375. The molecule has 0 radical (unpaired) electrons. The predicted molar refractivity (Wildman–Crippen MR) is 92.3 cm³/mol. The van der Waals surface area contributed by atoms with Crippen molar-refractivity contribution in [1.82, 2.24) is 15.0 Å². The molecule has 9 heteroatoms. The Labute approximate surface area is 159 Å². The summed E-state index contributed by atoms with van der Waals surface area (Å²) >= 11 is 0. The van der Waals surface area contributed by atoms with E-state index >= 15 is 0 Å². The van der Waals surface area contributed by atoms with Gasteiger partial charge in [0.05, 0.1) is 6.07 Å².